The van der Waals surface area contributed by atoms with E-state index in [2.05, 4.69) is 32.3 Å². The van der Waals surface area contributed by atoms with E-state index >= 15 is 0 Å². The Hall–Kier alpha value is -1.43. The highest BCUT2D eigenvalue weighted by atomic mass is 16.2. The number of aromatic amines is 1. The average molecular weight is 263 g/mol. The number of hydrogen-bond acceptors (Lipinski definition) is 4. The largest absolute Gasteiger partial charge is 0.345 e. The minimum absolute atomic E-state index is 0.147. The molecule has 6 heteroatoms. The first kappa shape index (κ1) is 12.6. The van der Waals surface area contributed by atoms with Crippen molar-refractivity contribution in [2.45, 2.75) is 44.6 Å². The van der Waals surface area contributed by atoms with Crippen molar-refractivity contribution in [1.82, 2.24) is 25.4 Å². The quantitative estimate of drug-likeness (QED) is 0.846. The SMILES string of the molecule is CCN1CCCC(NC(=O)c2n[nH]c(C3CC3)n2)C1. The monoisotopic (exact) mass is 263 g/mol. The summed E-state index contributed by atoms with van der Waals surface area (Å²) in [6.07, 6.45) is 4.50. The Labute approximate surface area is 113 Å². The second kappa shape index (κ2) is 5.28. The zero-order chi connectivity index (χ0) is 13.2. The molecule has 1 atom stereocenters. The third-order valence-electron chi connectivity index (χ3n) is 3.96. The predicted octanol–water partition coefficient (Wildman–Crippen LogP) is 0.896. The smallest absolute Gasteiger partial charge is 0.291 e. The summed E-state index contributed by atoms with van der Waals surface area (Å²) >= 11 is 0. The molecule has 6 nitrogen and oxygen atoms in total. The van der Waals surface area contributed by atoms with Crippen LogP contribution in [0.1, 0.15) is 55.0 Å². The van der Waals surface area contributed by atoms with Crippen LogP contribution in [0.15, 0.2) is 0 Å². The van der Waals surface area contributed by atoms with Crippen molar-refractivity contribution in [2.24, 2.45) is 0 Å². The van der Waals surface area contributed by atoms with E-state index in [-0.39, 0.29) is 17.8 Å². The zero-order valence-corrected chi connectivity index (χ0v) is 11.4. The Morgan fingerprint density at radius 1 is 1.47 bits per heavy atom. The molecule has 1 saturated carbocycles. The molecule has 1 amide bonds. The van der Waals surface area contributed by atoms with E-state index in [9.17, 15) is 4.79 Å². The Morgan fingerprint density at radius 2 is 2.32 bits per heavy atom. The van der Waals surface area contributed by atoms with Gasteiger partial charge in [0.15, 0.2) is 0 Å². The molecule has 0 aromatic carbocycles. The Balaban J connectivity index is 1.57. The molecule has 0 radical (unpaired) electrons. The summed E-state index contributed by atoms with van der Waals surface area (Å²) in [7, 11) is 0. The maximum Gasteiger partial charge on any atom is 0.291 e. The first-order chi connectivity index (χ1) is 9.26. The van der Waals surface area contributed by atoms with Crippen molar-refractivity contribution in [3.63, 3.8) is 0 Å². The Kier molecular flexibility index (Phi) is 3.50. The number of H-pyrrole nitrogens is 1. The van der Waals surface area contributed by atoms with Crippen LogP contribution in [0.25, 0.3) is 0 Å². The molecule has 0 spiro atoms. The van der Waals surface area contributed by atoms with E-state index in [0.29, 0.717) is 5.92 Å². The molecule has 1 aromatic rings. The number of carbonyl (C=O) groups excluding carboxylic acids is 1. The molecular weight excluding hydrogens is 242 g/mol. The molecule has 3 rings (SSSR count). The minimum atomic E-state index is -0.147. The second-order valence-corrected chi connectivity index (χ2v) is 5.52. The summed E-state index contributed by atoms with van der Waals surface area (Å²) in [5.41, 5.74) is 0. The summed E-state index contributed by atoms with van der Waals surface area (Å²) in [5.74, 6) is 1.50. The maximum atomic E-state index is 12.1. The summed E-state index contributed by atoms with van der Waals surface area (Å²) in [6, 6.07) is 0.226. The molecule has 1 aliphatic carbocycles. The van der Waals surface area contributed by atoms with Crippen molar-refractivity contribution in [2.75, 3.05) is 19.6 Å². The van der Waals surface area contributed by atoms with Crippen LogP contribution in [0, 0.1) is 0 Å². The fourth-order valence-electron chi connectivity index (χ4n) is 2.63. The second-order valence-electron chi connectivity index (χ2n) is 5.52. The van der Waals surface area contributed by atoms with Crippen molar-refractivity contribution >= 4 is 5.91 Å². The average Bonchev–Trinajstić information content (AvgIpc) is 3.16. The molecular formula is C13H21N5O. The number of piperidine rings is 1. The minimum Gasteiger partial charge on any atom is -0.345 e. The van der Waals surface area contributed by atoms with Gasteiger partial charge in [-0.15, -0.1) is 5.10 Å². The molecule has 0 bridgehead atoms. The van der Waals surface area contributed by atoms with Gasteiger partial charge in [0.05, 0.1) is 0 Å². The van der Waals surface area contributed by atoms with Crippen LogP contribution in [0.2, 0.25) is 0 Å². The van der Waals surface area contributed by atoms with E-state index in [1.165, 1.54) is 0 Å². The van der Waals surface area contributed by atoms with Gasteiger partial charge in [0.25, 0.3) is 5.91 Å². The normalized spacial score (nSPS) is 24.4. The highest BCUT2D eigenvalue weighted by molar-refractivity contribution is 5.90. The molecule has 104 valence electrons. The molecule has 1 aliphatic heterocycles. The molecule has 2 N–H and O–H groups in total. The van der Waals surface area contributed by atoms with Gasteiger partial charge in [0, 0.05) is 18.5 Å². The highest BCUT2D eigenvalue weighted by Crippen LogP contribution is 2.37. The van der Waals surface area contributed by atoms with Crippen molar-refractivity contribution < 1.29 is 4.79 Å². The van der Waals surface area contributed by atoms with E-state index < -0.39 is 0 Å². The molecule has 19 heavy (non-hydrogen) atoms. The summed E-state index contributed by atoms with van der Waals surface area (Å²) in [5, 5.41) is 9.94. The molecule has 1 unspecified atom stereocenters. The van der Waals surface area contributed by atoms with E-state index in [1.54, 1.807) is 0 Å². The number of nitrogens with zero attached hydrogens (tertiary/aromatic N) is 3. The highest BCUT2D eigenvalue weighted by Gasteiger charge is 2.29. The Bertz CT molecular complexity index is 454. The van der Waals surface area contributed by atoms with Gasteiger partial charge in [-0.3, -0.25) is 9.89 Å². The van der Waals surface area contributed by atoms with Gasteiger partial charge >= 0.3 is 0 Å². The number of hydrogen-bond donors (Lipinski definition) is 2. The number of amides is 1. The fourth-order valence-corrected chi connectivity index (χ4v) is 2.63. The molecule has 2 heterocycles. The van der Waals surface area contributed by atoms with E-state index in [4.69, 9.17) is 0 Å². The van der Waals surface area contributed by atoms with Gasteiger partial charge in [-0.05, 0) is 38.8 Å². The summed E-state index contributed by atoms with van der Waals surface area (Å²) in [6.45, 7) is 5.26. The van der Waals surface area contributed by atoms with Crippen LogP contribution in [0.5, 0.6) is 0 Å². The van der Waals surface area contributed by atoms with Crippen LogP contribution in [-0.2, 0) is 0 Å². The van der Waals surface area contributed by atoms with Gasteiger partial charge in [0.1, 0.15) is 5.82 Å². The number of aromatic nitrogens is 3. The predicted molar refractivity (Wildman–Crippen MR) is 71.0 cm³/mol. The van der Waals surface area contributed by atoms with Crippen molar-refractivity contribution in [3.8, 4) is 0 Å². The lowest BCUT2D eigenvalue weighted by molar-refractivity contribution is 0.0895. The lowest BCUT2D eigenvalue weighted by Crippen LogP contribution is -2.47. The third-order valence-corrected chi connectivity index (χ3v) is 3.96. The molecule has 1 saturated heterocycles. The number of carbonyl (C=O) groups is 1. The van der Waals surface area contributed by atoms with Gasteiger partial charge in [-0.25, -0.2) is 4.98 Å². The van der Waals surface area contributed by atoms with Gasteiger partial charge in [-0.2, -0.15) is 0 Å². The molecule has 1 aromatic heterocycles. The fraction of sp³-hybridized carbons (Fsp3) is 0.769. The zero-order valence-electron chi connectivity index (χ0n) is 11.4. The van der Waals surface area contributed by atoms with Crippen molar-refractivity contribution in [3.05, 3.63) is 11.6 Å². The first-order valence-electron chi connectivity index (χ1n) is 7.21. The van der Waals surface area contributed by atoms with Crippen LogP contribution < -0.4 is 5.32 Å². The molecule has 2 fully saturated rings. The van der Waals surface area contributed by atoms with Gasteiger partial charge in [0.2, 0.25) is 5.82 Å². The van der Waals surface area contributed by atoms with Gasteiger partial charge < -0.3 is 10.2 Å². The molecule has 2 aliphatic rings. The number of likely N-dealkylation sites (tertiary alicyclic amines) is 1. The van der Waals surface area contributed by atoms with Crippen molar-refractivity contribution in [1.29, 1.82) is 0 Å². The van der Waals surface area contributed by atoms with Crippen LogP contribution in [0.4, 0.5) is 0 Å². The maximum absolute atomic E-state index is 12.1. The number of rotatable bonds is 4. The van der Waals surface area contributed by atoms with Crippen LogP contribution in [-0.4, -0.2) is 51.7 Å². The number of likely N-dealkylation sites (N-methyl/N-ethyl adjacent to an activating group) is 1. The third kappa shape index (κ3) is 2.94. The topological polar surface area (TPSA) is 73.9 Å². The van der Waals surface area contributed by atoms with Crippen LogP contribution >= 0.6 is 0 Å². The van der Waals surface area contributed by atoms with Crippen LogP contribution in [0.3, 0.4) is 0 Å². The lowest BCUT2D eigenvalue weighted by atomic mass is 10.1. The van der Waals surface area contributed by atoms with E-state index in [0.717, 1.165) is 51.1 Å². The van der Waals surface area contributed by atoms with E-state index in [1.807, 2.05) is 0 Å². The summed E-state index contributed by atoms with van der Waals surface area (Å²) < 4.78 is 0. The summed E-state index contributed by atoms with van der Waals surface area (Å²) in [4.78, 5) is 18.7. The Morgan fingerprint density at radius 3 is 3.05 bits per heavy atom. The number of nitrogens with one attached hydrogen (secondary N) is 2. The first-order valence-corrected chi connectivity index (χ1v) is 7.21. The standard InChI is InChI=1S/C13H21N5O/c1-2-18-7-3-4-10(8-18)14-13(19)12-15-11(16-17-12)9-5-6-9/h9-10H,2-8H2,1H3,(H,14,19)(H,15,16,17). The van der Waals surface area contributed by atoms with Gasteiger partial charge in [-0.1, -0.05) is 6.92 Å². The lowest BCUT2D eigenvalue weighted by Gasteiger charge is -2.31.